The number of nitrogens with one attached hydrogen (secondary N) is 2. The molecule has 3 N–H and O–H groups in total. The van der Waals surface area contributed by atoms with Gasteiger partial charge in [0.05, 0.1) is 11.3 Å². The molecule has 0 aromatic heterocycles. The van der Waals surface area contributed by atoms with Crippen LogP contribution in [-0.2, 0) is 16.4 Å². The first-order chi connectivity index (χ1) is 10.2. The van der Waals surface area contributed by atoms with Crippen LogP contribution in [0.1, 0.15) is 29.3 Å². The number of carbonyl (C=O) groups is 2. The van der Waals surface area contributed by atoms with Gasteiger partial charge in [-0.05, 0) is 31.0 Å². The minimum atomic E-state index is -3.04. The average Bonchev–Trinajstić information content (AvgIpc) is 2.42. The summed E-state index contributed by atoms with van der Waals surface area (Å²) in [6, 6.07) is 5.51. The van der Waals surface area contributed by atoms with Crippen molar-refractivity contribution in [3.05, 3.63) is 35.4 Å². The Kier molecular flexibility index (Phi) is 6.36. The van der Waals surface area contributed by atoms with Crippen LogP contribution in [0.15, 0.2) is 24.3 Å². The number of benzene rings is 1. The number of amides is 2. The molecular weight excluding hydrogens is 308 g/mol. The van der Waals surface area contributed by atoms with Crippen molar-refractivity contribution in [3.63, 3.8) is 0 Å². The average molecular weight is 328 g/mol. The molecule has 0 radical (unpaired) electrons. The molecule has 7 nitrogen and oxygen atoms in total. The van der Waals surface area contributed by atoms with E-state index >= 15 is 0 Å². The molecule has 0 aliphatic rings. The molecule has 0 saturated heterocycles. The van der Waals surface area contributed by atoms with Gasteiger partial charge >= 0.3 is 12.0 Å². The van der Waals surface area contributed by atoms with Gasteiger partial charge < -0.3 is 15.7 Å². The van der Waals surface area contributed by atoms with Crippen molar-refractivity contribution in [1.29, 1.82) is 0 Å². The SMILES string of the molecule is CC(CCS(C)(=O)=O)NC(=O)NCc1ccc(C(=O)O)cc1. The van der Waals surface area contributed by atoms with Gasteiger partial charge in [-0.2, -0.15) is 0 Å². The minimum absolute atomic E-state index is 0.0189. The summed E-state index contributed by atoms with van der Waals surface area (Å²) in [5.41, 5.74) is 0.950. The van der Waals surface area contributed by atoms with E-state index in [9.17, 15) is 18.0 Å². The van der Waals surface area contributed by atoms with Gasteiger partial charge in [-0.15, -0.1) is 0 Å². The van der Waals surface area contributed by atoms with Crippen LogP contribution in [0.4, 0.5) is 4.79 Å². The van der Waals surface area contributed by atoms with Crippen molar-refractivity contribution >= 4 is 21.8 Å². The Balaban J connectivity index is 2.38. The van der Waals surface area contributed by atoms with Crippen molar-refractivity contribution in [2.75, 3.05) is 12.0 Å². The van der Waals surface area contributed by atoms with Gasteiger partial charge in [0, 0.05) is 18.8 Å². The first-order valence-electron chi connectivity index (χ1n) is 6.71. The monoisotopic (exact) mass is 328 g/mol. The molecule has 8 heteroatoms. The summed E-state index contributed by atoms with van der Waals surface area (Å²) >= 11 is 0. The lowest BCUT2D eigenvalue weighted by Crippen LogP contribution is -2.41. The van der Waals surface area contributed by atoms with E-state index in [-0.39, 0.29) is 23.9 Å². The van der Waals surface area contributed by atoms with Crippen LogP contribution in [0, 0.1) is 0 Å². The number of urea groups is 1. The number of rotatable bonds is 7. The van der Waals surface area contributed by atoms with Gasteiger partial charge in [0.2, 0.25) is 0 Å². The fourth-order valence-corrected chi connectivity index (χ4v) is 2.47. The van der Waals surface area contributed by atoms with E-state index in [1.54, 1.807) is 19.1 Å². The molecule has 1 rings (SSSR count). The lowest BCUT2D eigenvalue weighted by Gasteiger charge is -2.14. The molecule has 1 unspecified atom stereocenters. The predicted octanol–water partition coefficient (Wildman–Crippen LogP) is 1.01. The number of carboxylic acid groups (broad SMARTS) is 1. The molecule has 0 spiro atoms. The summed E-state index contributed by atoms with van der Waals surface area (Å²) in [6.07, 6.45) is 1.50. The molecule has 1 atom stereocenters. The van der Waals surface area contributed by atoms with E-state index in [1.807, 2.05) is 0 Å². The first-order valence-corrected chi connectivity index (χ1v) is 8.78. The van der Waals surface area contributed by atoms with Gasteiger partial charge in [-0.25, -0.2) is 18.0 Å². The molecule has 22 heavy (non-hydrogen) atoms. The number of hydrogen-bond donors (Lipinski definition) is 3. The highest BCUT2D eigenvalue weighted by atomic mass is 32.2. The Morgan fingerprint density at radius 2 is 1.82 bits per heavy atom. The van der Waals surface area contributed by atoms with Crippen molar-refractivity contribution in [2.45, 2.75) is 25.9 Å². The molecule has 0 bridgehead atoms. The van der Waals surface area contributed by atoms with Gasteiger partial charge in [0.15, 0.2) is 0 Å². The zero-order valence-corrected chi connectivity index (χ0v) is 13.3. The van der Waals surface area contributed by atoms with Crippen LogP contribution in [0.2, 0.25) is 0 Å². The maximum Gasteiger partial charge on any atom is 0.335 e. The predicted molar refractivity (Wildman–Crippen MR) is 82.6 cm³/mol. The Bertz CT molecular complexity index is 625. The standard InChI is InChI=1S/C14H20N2O5S/c1-10(7-8-22(2,20)21)16-14(19)15-9-11-3-5-12(6-4-11)13(17)18/h3-6,10H,7-9H2,1-2H3,(H,17,18)(H2,15,16,19). The number of carboxylic acids is 1. The zero-order valence-electron chi connectivity index (χ0n) is 12.5. The maximum absolute atomic E-state index is 11.7. The highest BCUT2D eigenvalue weighted by Crippen LogP contribution is 2.04. The fraction of sp³-hybridized carbons (Fsp3) is 0.429. The van der Waals surface area contributed by atoms with Crippen molar-refractivity contribution < 1.29 is 23.1 Å². The van der Waals surface area contributed by atoms with Crippen LogP contribution in [0.5, 0.6) is 0 Å². The third-order valence-electron chi connectivity index (χ3n) is 2.95. The van der Waals surface area contributed by atoms with E-state index in [2.05, 4.69) is 10.6 Å². The maximum atomic E-state index is 11.7. The van der Waals surface area contributed by atoms with E-state index < -0.39 is 21.8 Å². The molecule has 0 heterocycles. The molecule has 0 saturated carbocycles. The molecule has 122 valence electrons. The second-order valence-corrected chi connectivity index (χ2v) is 7.41. The molecule has 0 aliphatic carbocycles. The van der Waals surface area contributed by atoms with Gasteiger partial charge in [0.25, 0.3) is 0 Å². The number of sulfone groups is 1. The molecule has 0 aliphatic heterocycles. The van der Waals surface area contributed by atoms with Crippen LogP contribution in [-0.4, -0.2) is 43.6 Å². The van der Waals surface area contributed by atoms with E-state index in [4.69, 9.17) is 5.11 Å². The van der Waals surface area contributed by atoms with Crippen LogP contribution in [0.25, 0.3) is 0 Å². The second-order valence-electron chi connectivity index (χ2n) is 5.15. The Hall–Kier alpha value is -2.09. The van der Waals surface area contributed by atoms with Gasteiger partial charge in [-0.3, -0.25) is 0 Å². The highest BCUT2D eigenvalue weighted by Gasteiger charge is 2.10. The minimum Gasteiger partial charge on any atom is -0.478 e. The van der Waals surface area contributed by atoms with E-state index in [0.29, 0.717) is 6.42 Å². The van der Waals surface area contributed by atoms with Gasteiger partial charge in [-0.1, -0.05) is 12.1 Å². The summed E-state index contributed by atoms with van der Waals surface area (Å²) < 4.78 is 22.1. The Morgan fingerprint density at radius 3 is 2.32 bits per heavy atom. The third-order valence-corrected chi connectivity index (χ3v) is 3.93. The Labute approximate surface area is 129 Å². The molecule has 1 aromatic carbocycles. The van der Waals surface area contributed by atoms with E-state index in [0.717, 1.165) is 11.8 Å². The van der Waals surface area contributed by atoms with Crippen molar-refractivity contribution in [2.24, 2.45) is 0 Å². The Morgan fingerprint density at radius 1 is 1.23 bits per heavy atom. The van der Waals surface area contributed by atoms with Crippen LogP contribution in [0.3, 0.4) is 0 Å². The smallest absolute Gasteiger partial charge is 0.335 e. The van der Waals surface area contributed by atoms with Gasteiger partial charge in [0.1, 0.15) is 9.84 Å². The number of hydrogen-bond acceptors (Lipinski definition) is 4. The lowest BCUT2D eigenvalue weighted by molar-refractivity contribution is 0.0697. The third kappa shape index (κ3) is 7.07. The second kappa shape index (κ2) is 7.79. The first kappa shape index (κ1) is 18.0. The summed E-state index contributed by atoms with van der Waals surface area (Å²) in [6.45, 7) is 1.98. The summed E-state index contributed by atoms with van der Waals surface area (Å²) in [4.78, 5) is 22.4. The molecular formula is C14H20N2O5S. The van der Waals surface area contributed by atoms with Crippen LogP contribution < -0.4 is 10.6 Å². The largest absolute Gasteiger partial charge is 0.478 e. The van der Waals surface area contributed by atoms with Crippen molar-refractivity contribution in [1.82, 2.24) is 10.6 Å². The number of carbonyl (C=O) groups excluding carboxylic acids is 1. The number of aromatic carboxylic acids is 1. The summed E-state index contributed by atoms with van der Waals surface area (Å²) in [7, 11) is -3.04. The van der Waals surface area contributed by atoms with E-state index in [1.165, 1.54) is 12.1 Å². The molecule has 0 fully saturated rings. The molecule has 2 amide bonds. The summed E-state index contributed by atoms with van der Waals surface area (Å²) in [5.74, 6) is -0.984. The quantitative estimate of drug-likeness (QED) is 0.691. The van der Waals surface area contributed by atoms with Crippen molar-refractivity contribution in [3.8, 4) is 0 Å². The molecule has 1 aromatic rings. The van der Waals surface area contributed by atoms with Crippen LogP contribution >= 0.6 is 0 Å². The lowest BCUT2D eigenvalue weighted by atomic mass is 10.1. The normalized spacial score (nSPS) is 12.5. The zero-order chi connectivity index (χ0) is 16.8. The topological polar surface area (TPSA) is 113 Å². The summed E-state index contributed by atoms with van der Waals surface area (Å²) in [5, 5.41) is 14.1. The fourth-order valence-electron chi connectivity index (χ4n) is 1.69. The highest BCUT2D eigenvalue weighted by molar-refractivity contribution is 7.90.